The van der Waals surface area contributed by atoms with Crippen LogP contribution in [0.5, 0.6) is 0 Å². The zero-order chi connectivity index (χ0) is 11.1. The van der Waals surface area contributed by atoms with Gasteiger partial charge in [-0.25, -0.2) is 0 Å². The van der Waals surface area contributed by atoms with Crippen LogP contribution in [0.4, 0.5) is 0 Å². The molecular weight excluding hydrogens is 270 g/mol. The van der Waals surface area contributed by atoms with Crippen molar-refractivity contribution in [3.8, 4) is 0 Å². The molecule has 0 aliphatic heterocycles. The molecule has 0 aromatic heterocycles. The lowest BCUT2D eigenvalue weighted by atomic mass is 10.3. The van der Waals surface area contributed by atoms with E-state index < -0.39 is 0 Å². The first-order valence-corrected chi connectivity index (χ1v) is 7.12. The molecule has 1 aromatic rings. The standard InChI is InChI=1S/C12H18BrNS/c1-3-10(2)14-7-8-15-12-6-4-5-11(13)9-12/h4-6,9-10,14H,3,7-8H2,1-2H3. The van der Waals surface area contributed by atoms with Crippen LogP contribution in [0.25, 0.3) is 0 Å². The maximum Gasteiger partial charge on any atom is 0.0186 e. The number of nitrogens with one attached hydrogen (secondary N) is 1. The minimum atomic E-state index is 0.633. The summed E-state index contributed by atoms with van der Waals surface area (Å²) in [5.41, 5.74) is 0. The van der Waals surface area contributed by atoms with E-state index in [0.717, 1.165) is 16.8 Å². The summed E-state index contributed by atoms with van der Waals surface area (Å²) in [6.07, 6.45) is 1.20. The molecule has 1 unspecified atom stereocenters. The van der Waals surface area contributed by atoms with Crippen molar-refractivity contribution in [2.75, 3.05) is 12.3 Å². The number of hydrogen-bond donors (Lipinski definition) is 1. The van der Waals surface area contributed by atoms with Gasteiger partial charge < -0.3 is 5.32 Å². The molecular formula is C12H18BrNS. The van der Waals surface area contributed by atoms with Crippen molar-refractivity contribution in [2.45, 2.75) is 31.2 Å². The number of hydrogen-bond acceptors (Lipinski definition) is 2. The highest BCUT2D eigenvalue weighted by atomic mass is 79.9. The van der Waals surface area contributed by atoms with Crippen molar-refractivity contribution in [1.29, 1.82) is 0 Å². The molecule has 1 atom stereocenters. The van der Waals surface area contributed by atoms with E-state index in [0.29, 0.717) is 6.04 Å². The van der Waals surface area contributed by atoms with Crippen LogP contribution >= 0.6 is 27.7 Å². The fraction of sp³-hybridized carbons (Fsp3) is 0.500. The molecule has 0 radical (unpaired) electrons. The van der Waals surface area contributed by atoms with E-state index >= 15 is 0 Å². The molecule has 0 bridgehead atoms. The smallest absolute Gasteiger partial charge is 0.0186 e. The van der Waals surface area contributed by atoms with Crippen LogP contribution in [-0.2, 0) is 0 Å². The molecule has 0 saturated heterocycles. The second-order valence-electron chi connectivity index (χ2n) is 3.57. The maximum atomic E-state index is 3.48. The van der Waals surface area contributed by atoms with Gasteiger partial charge in [0.05, 0.1) is 0 Å². The third kappa shape index (κ3) is 5.59. The summed E-state index contributed by atoms with van der Waals surface area (Å²) in [7, 11) is 0. The highest BCUT2D eigenvalue weighted by Crippen LogP contribution is 2.21. The Kier molecular flexibility index (Phi) is 6.37. The molecule has 84 valence electrons. The first kappa shape index (κ1) is 13.1. The zero-order valence-electron chi connectivity index (χ0n) is 9.29. The van der Waals surface area contributed by atoms with Crippen LogP contribution in [0.1, 0.15) is 20.3 Å². The lowest BCUT2D eigenvalue weighted by Crippen LogP contribution is -2.27. The Morgan fingerprint density at radius 2 is 2.27 bits per heavy atom. The molecule has 15 heavy (non-hydrogen) atoms. The fourth-order valence-electron chi connectivity index (χ4n) is 1.18. The van der Waals surface area contributed by atoms with E-state index in [1.54, 1.807) is 0 Å². The number of rotatable bonds is 6. The average Bonchev–Trinajstić information content (AvgIpc) is 2.24. The molecule has 0 aliphatic carbocycles. The maximum absolute atomic E-state index is 3.48. The third-order valence-corrected chi connectivity index (χ3v) is 3.76. The lowest BCUT2D eigenvalue weighted by Gasteiger charge is -2.10. The van der Waals surface area contributed by atoms with Crippen molar-refractivity contribution in [1.82, 2.24) is 5.32 Å². The Bertz CT molecular complexity index is 291. The lowest BCUT2D eigenvalue weighted by molar-refractivity contribution is 0.555. The fourth-order valence-corrected chi connectivity index (χ4v) is 2.57. The van der Waals surface area contributed by atoms with E-state index in [9.17, 15) is 0 Å². The van der Waals surface area contributed by atoms with Gasteiger partial charge in [-0.2, -0.15) is 0 Å². The molecule has 1 N–H and O–H groups in total. The molecule has 0 amide bonds. The van der Waals surface area contributed by atoms with Gasteiger partial charge in [0.1, 0.15) is 0 Å². The highest BCUT2D eigenvalue weighted by molar-refractivity contribution is 9.10. The summed E-state index contributed by atoms with van der Waals surface area (Å²) in [6, 6.07) is 9.08. The summed E-state index contributed by atoms with van der Waals surface area (Å²) in [4.78, 5) is 1.33. The number of halogens is 1. The van der Waals surface area contributed by atoms with E-state index in [1.807, 2.05) is 11.8 Å². The van der Waals surface area contributed by atoms with Gasteiger partial charge in [0.2, 0.25) is 0 Å². The predicted molar refractivity (Wildman–Crippen MR) is 72.6 cm³/mol. The van der Waals surface area contributed by atoms with Gasteiger partial charge in [0, 0.05) is 27.7 Å². The molecule has 0 spiro atoms. The van der Waals surface area contributed by atoms with Crippen LogP contribution in [0.2, 0.25) is 0 Å². The minimum absolute atomic E-state index is 0.633. The first-order valence-electron chi connectivity index (χ1n) is 5.34. The molecule has 1 nitrogen and oxygen atoms in total. The van der Waals surface area contributed by atoms with Gasteiger partial charge in [-0.1, -0.05) is 28.9 Å². The molecule has 1 rings (SSSR count). The van der Waals surface area contributed by atoms with Crippen molar-refractivity contribution in [3.63, 3.8) is 0 Å². The highest BCUT2D eigenvalue weighted by Gasteiger charge is 1.97. The third-order valence-electron chi connectivity index (χ3n) is 2.27. The van der Waals surface area contributed by atoms with Crippen LogP contribution < -0.4 is 5.32 Å². The molecule has 0 aliphatic rings. The van der Waals surface area contributed by atoms with Crippen LogP contribution in [0, 0.1) is 0 Å². The van der Waals surface area contributed by atoms with Gasteiger partial charge in [0.15, 0.2) is 0 Å². The van der Waals surface area contributed by atoms with Crippen molar-refractivity contribution < 1.29 is 0 Å². The van der Waals surface area contributed by atoms with E-state index in [1.165, 1.54) is 11.3 Å². The molecule has 0 fully saturated rings. The monoisotopic (exact) mass is 287 g/mol. The van der Waals surface area contributed by atoms with Crippen LogP contribution in [0.15, 0.2) is 33.6 Å². The average molecular weight is 288 g/mol. The Labute approximate surface area is 105 Å². The van der Waals surface area contributed by atoms with Crippen LogP contribution in [0.3, 0.4) is 0 Å². The number of thioether (sulfide) groups is 1. The Balaban J connectivity index is 2.20. The zero-order valence-corrected chi connectivity index (χ0v) is 11.7. The summed E-state index contributed by atoms with van der Waals surface area (Å²) in [6.45, 7) is 5.51. The van der Waals surface area contributed by atoms with Gasteiger partial charge in [-0.05, 0) is 31.5 Å². The SMILES string of the molecule is CCC(C)NCCSc1cccc(Br)c1. The van der Waals surface area contributed by atoms with E-state index in [4.69, 9.17) is 0 Å². The van der Waals surface area contributed by atoms with Crippen molar-refractivity contribution in [2.24, 2.45) is 0 Å². The molecule has 1 aromatic carbocycles. The van der Waals surface area contributed by atoms with Gasteiger partial charge >= 0.3 is 0 Å². The first-order chi connectivity index (χ1) is 7.22. The molecule has 3 heteroatoms. The van der Waals surface area contributed by atoms with Gasteiger partial charge in [-0.3, -0.25) is 0 Å². The number of benzene rings is 1. The van der Waals surface area contributed by atoms with E-state index in [2.05, 4.69) is 59.4 Å². The van der Waals surface area contributed by atoms with E-state index in [-0.39, 0.29) is 0 Å². The summed E-state index contributed by atoms with van der Waals surface area (Å²) >= 11 is 5.37. The second kappa shape index (κ2) is 7.31. The Hall–Kier alpha value is 0.01000. The second-order valence-corrected chi connectivity index (χ2v) is 5.65. The quantitative estimate of drug-likeness (QED) is 0.629. The van der Waals surface area contributed by atoms with Gasteiger partial charge in [0.25, 0.3) is 0 Å². The largest absolute Gasteiger partial charge is 0.313 e. The summed E-state index contributed by atoms with van der Waals surface area (Å²) in [5.74, 6) is 1.13. The molecule has 0 saturated carbocycles. The Morgan fingerprint density at radius 3 is 2.93 bits per heavy atom. The minimum Gasteiger partial charge on any atom is -0.313 e. The summed E-state index contributed by atoms with van der Waals surface area (Å²) < 4.78 is 1.15. The normalized spacial score (nSPS) is 12.7. The molecule has 0 heterocycles. The summed E-state index contributed by atoms with van der Waals surface area (Å²) in [5, 5.41) is 3.48. The van der Waals surface area contributed by atoms with Crippen molar-refractivity contribution >= 4 is 27.7 Å². The topological polar surface area (TPSA) is 12.0 Å². The predicted octanol–water partition coefficient (Wildman–Crippen LogP) is 3.93. The van der Waals surface area contributed by atoms with Gasteiger partial charge in [-0.15, -0.1) is 11.8 Å². The van der Waals surface area contributed by atoms with Crippen LogP contribution in [-0.4, -0.2) is 18.3 Å². The van der Waals surface area contributed by atoms with Crippen molar-refractivity contribution in [3.05, 3.63) is 28.7 Å². The Morgan fingerprint density at radius 1 is 1.47 bits per heavy atom.